The lowest BCUT2D eigenvalue weighted by Crippen LogP contribution is -2.16. The van der Waals surface area contributed by atoms with Crippen LogP contribution in [-0.2, 0) is 0 Å². The number of hydrogen-bond acceptors (Lipinski definition) is 5. The largest absolute Gasteiger partial charge is 0.409 e. The van der Waals surface area contributed by atoms with Gasteiger partial charge >= 0.3 is 0 Å². The zero-order valence-corrected chi connectivity index (χ0v) is 12.7. The van der Waals surface area contributed by atoms with Crippen LogP contribution in [0.2, 0.25) is 10.0 Å². The molecule has 8 heteroatoms. The van der Waals surface area contributed by atoms with Crippen LogP contribution in [0.25, 0.3) is 0 Å². The molecule has 1 aromatic heterocycles. The molecule has 5 nitrogen and oxygen atoms in total. The summed E-state index contributed by atoms with van der Waals surface area (Å²) >= 11 is 13.1. The molecule has 0 spiro atoms. The van der Waals surface area contributed by atoms with Gasteiger partial charge in [0.25, 0.3) is 0 Å². The monoisotopic (exact) mass is 328 g/mol. The van der Waals surface area contributed by atoms with Gasteiger partial charge in [0.1, 0.15) is 5.69 Å². The predicted molar refractivity (Wildman–Crippen MR) is 79.9 cm³/mol. The number of oxime groups is 1. The number of aromatic nitrogens is 2. The average Bonchev–Trinajstić information content (AvgIpc) is 2.41. The molecule has 1 aromatic carbocycles. The normalized spacial score (nSPS) is 11.7. The third-order valence-electron chi connectivity index (χ3n) is 2.30. The van der Waals surface area contributed by atoms with Gasteiger partial charge in [-0.15, -0.1) is 0 Å². The van der Waals surface area contributed by atoms with E-state index in [0.717, 1.165) is 4.90 Å². The Labute approximate surface area is 129 Å². The van der Waals surface area contributed by atoms with Crippen LogP contribution in [0.1, 0.15) is 11.4 Å². The summed E-state index contributed by atoms with van der Waals surface area (Å²) in [6, 6.07) is 6.87. The zero-order chi connectivity index (χ0) is 14.7. The summed E-state index contributed by atoms with van der Waals surface area (Å²) in [5, 5.41) is 13.0. The van der Waals surface area contributed by atoms with Gasteiger partial charge in [-0.2, -0.15) is 0 Å². The van der Waals surface area contributed by atoms with Gasteiger partial charge in [-0.05, 0) is 43.0 Å². The summed E-state index contributed by atoms with van der Waals surface area (Å²) in [6.07, 6.45) is 0. The molecule has 0 bridgehead atoms. The van der Waals surface area contributed by atoms with Crippen molar-refractivity contribution >= 4 is 40.8 Å². The van der Waals surface area contributed by atoms with Crippen molar-refractivity contribution in [1.82, 2.24) is 9.97 Å². The molecule has 2 rings (SSSR count). The molecule has 104 valence electrons. The van der Waals surface area contributed by atoms with Gasteiger partial charge in [0.2, 0.25) is 0 Å². The molecular formula is C12H10Cl2N4OS. The highest BCUT2D eigenvalue weighted by Gasteiger charge is 2.09. The number of amidine groups is 1. The Hall–Kier alpha value is -1.50. The molecule has 2 aromatic rings. The Morgan fingerprint density at radius 1 is 1.25 bits per heavy atom. The van der Waals surface area contributed by atoms with Crippen molar-refractivity contribution in [2.24, 2.45) is 10.9 Å². The van der Waals surface area contributed by atoms with Gasteiger partial charge in [0, 0.05) is 10.6 Å². The van der Waals surface area contributed by atoms with Crippen LogP contribution >= 0.6 is 35.0 Å². The first-order valence-corrected chi connectivity index (χ1v) is 7.03. The van der Waals surface area contributed by atoms with E-state index in [0.29, 0.717) is 26.6 Å². The standard InChI is InChI=1S/C12H10Cl2N4OS/c1-6-4-10(11(15)18-19)17-12(16-6)20-7-2-3-8(13)9(14)5-7/h2-5,19H,1H3,(H2,15,18). The number of halogens is 2. The molecule has 0 aliphatic heterocycles. The highest BCUT2D eigenvalue weighted by Crippen LogP contribution is 2.31. The summed E-state index contributed by atoms with van der Waals surface area (Å²) in [5.74, 6) is -0.0634. The maximum Gasteiger partial charge on any atom is 0.193 e. The molecular weight excluding hydrogens is 319 g/mol. The molecule has 0 amide bonds. The van der Waals surface area contributed by atoms with Gasteiger partial charge in [-0.25, -0.2) is 9.97 Å². The Bertz CT molecular complexity index is 679. The van der Waals surface area contributed by atoms with Gasteiger partial charge in [0.15, 0.2) is 11.0 Å². The first-order chi connectivity index (χ1) is 9.49. The van der Waals surface area contributed by atoms with E-state index >= 15 is 0 Å². The van der Waals surface area contributed by atoms with Crippen LogP contribution in [0.15, 0.2) is 39.5 Å². The SMILES string of the molecule is Cc1cc(/C(N)=N/O)nc(Sc2ccc(Cl)c(Cl)c2)n1. The summed E-state index contributed by atoms with van der Waals surface area (Å²) in [4.78, 5) is 9.34. The van der Waals surface area contributed by atoms with E-state index in [1.165, 1.54) is 11.8 Å². The van der Waals surface area contributed by atoms with E-state index in [2.05, 4.69) is 15.1 Å². The fourth-order valence-electron chi connectivity index (χ4n) is 1.42. The van der Waals surface area contributed by atoms with E-state index in [9.17, 15) is 0 Å². The van der Waals surface area contributed by atoms with Crippen LogP contribution in [0.3, 0.4) is 0 Å². The second kappa shape index (κ2) is 6.30. The van der Waals surface area contributed by atoms with Gasteiger partial charge in [-0.3, -0.25) is 0 Å². The highest BCUT2D eigenvalue weighted by molar-refractivity contribution is 7.99. The molecule has 0 fully saturated rings. The van der Waals surface area contributed by atoms with E-state index in [1.54, 1.807) is 25.1 Å². The lowest BCUT2D eigenvalue weighted by molar-refractivity contribution is 0.318. The van der Waals surface area contributed by atoms with Crippen molar-refractivity contribution in [1.29, 1.82) is 0 Å². The van der Waals surface area contributed by atoms with Crippen molar-refractivity contribution in [2.75, 3.05) is 0 Å². The Morgan fingerprint density at radius 2 is 2.00 bits per heavy atom. The molecule has 0 radical (unpaired) electrons. The first kappa shape index (κ1) is 14.9. The van der Waals surface area contributed by atoms with E-state index in [-0.39, 0.29) is 5.84 Å². The molecule has 0 saturated heterocycles. The number of benzene rings is 1. The summed E-state index contributed by atoms with van der Waals surface area (Å²) < 4.78 is 0. The summed E-state index contributed by atoms with van der Waals surface area (Å²) in [7, 11) is 0. The lowest BCUT2D eigenvalue weighted by Gasteiger charge is -2.05. The Balaban J connectivity index is 2.33. The Kier molecular flexibility index (Phi) is 4.69. The fourth-order valence-corrected chi connectivity index (χ4v) is 2.64. The number of rotatable bonds is 3. The smallest absolute Gasteiger partial charge is 0.193 e. The third kappa shape index (κ3) is 3.53. The maximum absolute atomic E-state index is 8.69. The lowest BCUT2D eigenvalue weighted by atomic mass is 10.3. The van der Waals surface area contributed by atoms with Crippen LogP contribution in [0.4, 0.5) is 0 Å². The minimum Gasteiger partial charge on any atom is -0.409 e. The fraction of sp³-hybridized carbons (Fsp3) is 0.0833. The van der Waals surface area contributed by atoms with Gasteiger partial charge < -0.3 is 10.9 Å². The third-order valence-corrected chi connectivity index (χ3v) is 3.90. The van der Waals surface area contributed by atoms with E-state index < -0.39 is 0 Å². The Morgan fingerprint density at radius 3 is 2.65 bits per heavy atom. The highest BCUT2D eigenvalue weighted by atomic mass is 35.5. The second-order valence-corrected chi connectivity index (χ2v) is 5.70. The van der Waals surface area contributed by atoms with E-state index in [1.807, 2.05) is 6.07 Å². The van der Waals surface area contributed by atoms with Crippen molar-refractivity contribution < 1.29 is 5.21 Å². The molecule has 0 atom stereocenters. The minimum atomic E-state index is -0.0634. The topological polar surface area (TPSA) is 84.4 Å². The van der Waals surface area contributed by atoms with Crippen molar-refractivity contribution in [2.45, 2.75) is 17.0 Å². The van der Waals surface area contributed by atoms with Crippen LogP contribution < -0.4 is 5.73 Å². The molecule has 1 heterocycles. The molecule has 20 heavy (non-hydrogen) atoms. The first-order valence-electron chi connectivity index (χ1n) is 5.46. The number of nitrogens with two attached hydrogens (primary N) is 1. The zero-order valence-electron chi connectivity index (χ0n) is 10.3. The maximum atomic E-state index is 8.69. The molecule has 0 saturated carbocycles. The average molecular weight is 329 g/mol. The second-order valence-electron chi connectivity index (χ2n) is 3.84. The molecule has 0 aliphatic carbocycles. The van der Waals surface area contributed by atoms with E-state index in [4.69, 9.17) is 34.1 Å². The molecule has 3 N–H and O–H groups in total. The number of hydrogen-bond donors (Lipinski definition) is 2. The van der Waals surface area contributed by atoms with Crippen molar-refractivity contribution in [3.63, 3.8) is 0 Å². The minimum absolute atomic E-state index is 0.0634. The van der Waals surface area contributed by atoms with Gasteiger partial charge in [-0.1, -0.05) is 28.4 Å². The predicted octanol–water partition coefficient (Wildman–Crippen LogP) is 3.34. The van der Waals surface area contributed by atoms with Crippen LogP contribution in [-0.4, -0.2) is 21.0 Å². The van der Waals surface area contributed by atoms with Crippen molar-refractivity contribution in [3.05, 3.63) is 45.7 Å². The molecule has 0 aliphatic rings. The molecule has 0 unspecified atom stereocenters. The van der Waals surface area contributed by atoms with Crippen LogP contribution in [0, 0.1) is 6.92 Å². The van der Waals surface area contributed by atoms with Crippen molar-refractivity contribution in [3.8, 4) is 0 Å². The van der Waals surface area contributed by atoms with Gasteiger partial charge in [0.05, 0.1) is 10.0 Å². The number of nitrogens with zero attached hydrogens (tertiary/aromatic N) is 3. The summed E-state index contributed by atoms with van der Waals surface area (Å²) in [6.45, 7) is 1.80. The number of aryl methyl sites for hydroxylation is 1. The van der Waals surface area contributed by atoms with Crippen LogP contribution in [0.5, 0.6) is 0 Å². The summed E-state index contributed by atoms with van der Waals surface area (Å²) in [5.41, 5.74) is 6.61. The quantitative estimate of drug-likeness (QED) is 0.297.